The average molecular weight is 1070 g/mol. The highest BCUT2D eigenvalue weighted by Gasteiger charge is 2.44. The van der Waals surface area contributed by atoms with Gasteiger partial charge in [-0.25, -0.2) is 19.9 Å². The molecule has 1 aromatic carbocycles. The van der Waals surface area contributed by atoms with E-state index in [0.717, 1.165) is 58.2 Å². The number of aromatic nitrogens is 4. The molecule has 74 heavy (non-hydrogen) atoms. The summed E-state index contributed by atoms with van der Waals surface area (Å²) in [6, 6.07) is 5.96. The van der Waals surface area contributed by atoms with Crippen molar-refractivity contribution in [2.75, 3.05) is 62.2 Å². The second kappa shape index (κ2) is 23.4. The molecule has 21 heteroatoms. The minimum Gasteiger partial charge on any atom is -0.490 e. The molecule has 0 unspecified atom stereocenters. The molecule has 4 aromatic rings. The smallest absolute Gasteiger partial charge is 0.246 e. The van der Waals surface area contributed by atoms with Gasteiger partial charge in [-0.1, -0.05) is 63.2 Å². The van der Waals surface area contributed by atoms with Gasteiger partial charge in [-0.15, -0.1) is 11.3 Å². The first-order chi connectivity index (χ1) is 35.2. The lowest BCUT2D eigenvalue weighted by Crippen LogP contribution is -2.57. The number of hydrogen-bond donors (Lipinski definition) is 5. The van der Waals surface area contributed by atoms with E-state index in [9.17, 15) is 29.4 Å². The summed E-state index contributed by atoms with van der Waals surface area (Å²) in [6.45, 7) is 17.4. The predicted octanol–water partition coefficient (Wildman–Crippen LogP) is 5.89. The summed E-state index contributed by atoms with van der Waals surface area (Å²) < 4.78 is 6.76. The van der Waals surface area contributed by atoms with Crippen LogP contribution in [0.15, 0.2) is 45.9 Å². The van der Waals surface area contributed by atoms with Crippen LogP contribution < -0.4 is 30.9 Å². The zero-order valence-corrected chi connectivity index (χ0v) is 46.0. The van der Waals surface area contributed by atoms with Crippen LogP contribution in [-0.2, 0) is 32.3 Å². The number of carbonyl (C=O) groups excluding carboxylic acids is 4. The number of nitrogens with one attached hydrogen (secondary N) is 2. The Hall–Kier alpha value is -5.12. The largest absolute Gasteiger partial charge is 0.490 e. The zero-order valence-electron chi connectivity index (χ0n) is 43.7. The van der Waals surface area contributed by atoms with Crippen LogP contribution in [0.2, 0.25) is 5.02 Å². The van der Waals surface area contributed by atoms with Crippen molar-refractivity contribution in [2.24, 2.45) is 22.5 Å². The number of carbonyl (C=O) groups is 4. The third-order valence-electron chi connectivity index (χ3n) is 15.1. The summed E-state index contributed by atoms with van der Waals surface area (Å²) in [5.74, 6) is 0.813. The third-order valence-corrected chi connectivity index (χ3v) is 17.7. The number of nitrogens with two attached hydrogens (primary N) is 1. The molecule has 0 aliphatic carbocycles. The molecule has 4 aliphatic heterocycles. The Labute approximate surface area is 447 Å². The van der Waals surface area contributed by atoms with Crippen molar-refractivity contribution in [3.8, 4) is 16.2 Å². The third kappa shape index (κ3) is 12.6. The number of aliphatic hydroxyl groups excluding tert-OH is 2. The molecule has 6 N–H and O–H groups in total. The van der Waals surface area contributed by atoms with Gasteiger partial charge in [0.1, 0.15) is 40.5 Å². The Kier molecular flexibility index (Phi) is 17.4. The van der Waals surface area contributed by atoms with Crippen molar-refractivity contribution < 1.29 is 34.1 Å². The lowest BCUT2D eigenvalue weighted by molar-refractivity contribution is -0.143. The van der Waals surface area contributed by atoms with Gasteiger partial charge in [0.05, 0.1) is 39.5 Å². The van der Waals surface area contributed by atoms with Crippen molar-refractivity contribution in [3.63, 3.8) is 0 Å². The molecule has 4 fully saturated rings. The Morgan fingerprint density at radius 1 is 0.973 bits per heavy atom. The molecule has 4 aliphatic rings. The van der Waals surface area contributed by atoms with Gasteiger partial charge >= 0.3 is 0 Å². The van der Waals surface area contributed by atoms with Crippen molar-refractivity contribution in [1.29, 1.82) is 0 Å². The van der Waals surface area contributed by atoms with Gasteiger partial charge in [0.25, 0.3) is 0 Å². The van der Waals surface area contributed by atoms with Crippen molar-refractivity contribution in [1.82, 2.24) is 40.4 Å². The zero-order chi connectivity index (χ0) is 53.1. The highest BCUT2D eigenvalue weighted by Crippen LogP contribution is 2.41. The van der Waals surface area contributed by atoms with E-state index in [1.54, 1.807) is 11.7 Å². The van der Waals surface area contributed by atoms with Gasteiger partial charge in [0.2, 0.25) is 23.6 Å². The molecule has 0 saturated carbocycles. The summed E-state index contributed by atoms with van der Waals surface area (Å²) in [4.78, 5) is 82.2. The van der Waals surface area contributed by atoms with Crippen LogP contribution in [0.4, 0.5) is 11.6 Å². The molecular weight excluding hydrogens is 1000 g/mol. The van der Waals surface area contributed by atoms with Gasteiger partial charge in [-0.2, -0.15) is 0 Å². The fourth-order valence-electron chi connectivity index (χ4n) is 10.4. The minimum atomic E-state index is -0.921. The van der Waals surface area contributed by atoms with Crippen LogP contribution in [0.5, 0.6) is 5.75 Å². The van der Waals surface area contributed by atoms with Gasteiger partial charge < -0.3 is 50.9 Å². The lowest BCUT2D eigenvalue weighted by atomic mass is 9.80. The van der Waals surface area contributed by atoms with E-state index in [1.807, 2.05) is 63.8 Å². The molecule has 18 nitrogen and oxygen atoms in total. The molecular formula is C53H72ClN11O7S2. The number of aryl methyl sites for hydroxylation is 2. The van der Waals surface area contributed by atoms with Crippen LogP contribution in [0.25, 0.3) is 10.4 Å². The average Bonchev–Trinajstić information content (AvgIpc) is 4.01. The molecule has 4 saturated heterocycles. The number of ether oxygens (including phenoxy) is 1. The molecule has 0 bridgehead atoms. The molecule has 0 radical (unpaired) electrons. The first-order valence-electron chi connectivity index (χ1n) is 25.8. The van der Waals surface area contributed by atoms with Crippen LogP contribution in [-0.4, -0.2) is 140 Å². The lowest BCUT2D eigenvalue weighted by Gasteiger charge is -2.39. The SMILES string of the molecule is CC(=O)N[C@H](C(=O)N1C[C@H](O)C[C@H]1C(=O)NCc1ccc(-c2scnc2C)cc1OC1CCN(C(=O)C2CCN(c3nccc(Sc4nc(CO)c(N5CCC(C)(CN)CC5)nc4C)c3Cl)CC2)CC1)C(C)(C)C. The normalized spacial score (nSPS) is 20.1. The fraction of sp³-hybridized carbons (Fsp3) is 0.585. The first kappa shape index (κ1) is 55.1. The standard InChI is InChI=1S/C53H72ClN11O7S2/c1-31-44(73-30-58-31)35-8-9-36(26-57-48(69)40-25-37(68)27-65(40)51(71)45(52(4,5)6)60-33(3)67)41(24-35)72-38-13-20-64(21-14-38)50(70)34-11-18-62(19-12-34)47-43(54)42(10-17-56-47)74-49-32(2)59-46(39(28-66)61-49)63-22-15-53(7,29-55)16-23-63/h8-10,17,24,30,34,37-38,40,45,66,68H,11-16,18-23,25-29,55H2,1-7H3,(H,57,69)(H,60,67)/t37-,40+,45-/m1/s1. The number of benzene rings is 1. The maximum Gasteiger partial charge on any atom is 0.246 e. The highest BCUT2D eigenvalue weighted by molar-refractivity contribution is 7.99. The van der Waals surface area contributed by atoms with E-state index in [1.165, 1.54) is 34.9 Å². The number of β-amino-alcohol motifs (C(OH)–C–C–N with tert-alkyl or cyclic N) is 1. The number of pyridine rings is 1. The predicted molar refractivity (Wildman–Crippen MR) is 287 cm³/mol. The van der Waals surface area contributed by atoms with Crippen molar-refractivity contribution in [2.45, 2.75) is 141 Å². The fourth-order valence-corrected chi connectivity index (χ4v) is 12.4. The van der Waals surface area contributed by atoms with Crippen LogP contribution in [0, 0.1) is 30.6 Å². The van der Waals surface area contributed by atoms with Crippen LogP contribution >= 0.6 is 34.7 Å². The summed E-state index contributed by atoms with van der Waals surface area (Å²) in [5, 5.41) is 28.0. The van der Waals surface area contributed by atoms with Gasteiger partial charge in [0.15, 0.2) is 5.82 Å². The number of aliphatic hydroxyl groups is 2. The van der Waals surface area contributed by atoms with E-state index in [2.05, 4.69) is 37.3 Å². The minimum absolute atomic E-state index is 0.0156. The summed E-state index contributed by atoms with van der Waals surface area (Å²) in [7, 11) is 0. The quantitative estimate of drug-likeness (QED) is 0.0935. The number of anilines is 2. The number of rotatable bonds is 15. The van der Waals surface area contributed by atoms with Gasteiger partial charge in [-0.05, 0) is 74.6 Å². The molecule has 8 rings (SSSR count). The van der Waals surface area contributed by atoms with E-state index in [4.69, 9.17) is 32.0 Å². The molecule has 7 heterocycles. The van der Waals surface area contributed by atoms with Crippen LogP contribution in [0.3, 0.4) is 0 Å². The van der Waals surface area contributed by atoms with Gasteiger partial charge in [0, 0.05) is 101 Å². The number of nitrogens with zero attached hydrogens (tertiary/aromatic N) is 8. The molecule has 3 aromatic heterocycles. The van der Waals surface area contributed by atoms with E-state index in [-0.39, 0.29) is 55.4 Å². The Balaban J connectivity index is 0.866. The van der Waals surface area contributed by atoms with Crippen LogP contribution in [0.1, 0.15) is 102 Å². The molecule has 400 valence electrons. The Morgan fingerprint density at radius 3 is 2.31 bits per heavy atom. The second-order valence-electron chi connectivity index (χ2n) is 21.7. The number of hydrogen-bond acceptors (Lipinski definition) is 16. The molecule has 3 atom stereocenters. The highest BCUT2D eigenvalue weighted by atomic mass is 35.5. The summed E-state index contributed by atoms with van der Waals surface area (Å²) in [6.07, 6.45) is 5.23. The number of amides is 4. The number of halogens is 1. The Morgan fingerprint density at radius 2 is 1.68 bits per heavy atom. The monoisotopic (exact) mass is 1070 g/mol. The summed E-state index contributed by atoms with van der Waals surface area (Å²) >= 11 is 10.0. The second-order valence-corrected chi connectivity index (χ2v) is 24.0. The first-order valence-corrected chi connectivity index (χ1v) is 27.9. The van der Waals surface area contributed by atoms with Gasteiger partial charge in [-0.3, -0.25) is 19.2 Å². The van der Waals surface area contributed by atoms with E-state index < -0.39 is 35.4 Å². The van der Waals surface area contributed by atoms with E-state index in [0.29, 0.717) is 91.5 Å². The number of piperidine rings is 3. The topological polar surface area (TPSA) is 233 Å². The maximum absolute atomic E-state index is 14.1. The number of likely N-dealkylation sites (tertiary alicyclic amines) is 2. The van der Waals surface area contributed by atoms with Crippen molar-refractivity contribution in [3.05, 3.63) is 63.6 Å². The van der Waals surface area contributed by atoms with Crippen molar-refractivity contribution >= 4 is 70.0 Å². The number of thiazole rings is 1. The molecule has 4 amide bonds. The summed E-state index contributed by atoms with van der Waals surface area (Å²) in [5.41, 5.74) is 11.2. The van der Waals surface area contributed by atoms with E-state index >= 15 is 0 Å². The maximum atomic E-state index is 14.1. The Bertz CT molecular complexity index is 2680. The molecule has 0 spiro atoms.